The molecule has 0 unspecified atom stereocenters. The van der Waals surface area contributed by atoms with E-state index in [1.807, 2.05) is 42.5 Å². The van der Waals surface area contributed by atoms with Crippen LogP contribution in [-0.2, 0) is 0 Å². The number of nitrogens with zero attached hydrogens (tertiary/aromatic N) is 2. The Bertz CT molecular complexity index is 858. The van der Waals surface area contributed by atoms with E-state index < -0.39 is 0 Å². The third-order valence-corrected chi connectivity index (χ3v) is 3.76. The van der Waals surface area contributed by atoms with Gasteiger partial charge >= 0.3 is 0 Å². The van der Waals surface area contributed by atoms with E-state index in [0.717, 1.165) is 27.5 Å². The number of aliphatic hydroxyl groups excluding tert-OH is 1. The van der Waals surface area contributed by atoms with E-state index >= 15 is 0 Å². The number of aromatic nitrogens is 1. The predicted molar refractivity (Wildman–Crippen MR) is 78.0 cm³/mol. The van der Waals surface area contributed by atoms with E-state index in [1.54, 1.807) is 4.90 Å². The molecule has 1 N–H and O–H groups in total. The number of hydrogen-bond acceptors (Lipinski definition) is 3. The van der Waals surface area contributed by atoms with Gasteiger partial charge in [-0.1, -0.05) is 24.3 Å². The lowest BCUT2D eigenvalue weighted by Crippen LogP contribution is -2.29. The van der Waals surface area contributed by atoms with Crippen LogP contribution in [0.2, 0.25) is 0 Å². The summed E-state index contributed by atoms with van der Waals surface area (Å²) in [4.78, 5) is 18.9. The van der Waals surface area contributed by atoms with E-state index in [9.17, 15) is 9.90 Å². The number of hydrogen-bond donors (Lipinski definition) is 1. The average Bonchev–Trinajstić information content (AvgIpc) is 2.76. The van der Waals surface area contributed by atoms with Gasteiger partial charge in [0.15, 0.2) is 0 Å². The molecule has 20 heavy (non-hydrogen) atoms. The monoisotopic (exact) mass is 264 g/mol. The average molecular weight is 264 g/mol. The fourth-order valence-corrected chi connectivity index (χ4v) is 2.94. The molecule has 2 aromatic carbocycles. The first kappa shape index (κ1) is 11.4. The number of aliphatic hydroxyl groups is 1. The molecule has 0 saturated carbocycles. The van der Waals surface area contributed by atoms with Gasteiger partial charge in [-0.05, 0) is 18.2 Å². The van der Waals surface area contributed by atoms with Gasteiger partial charge in [-0.3, -0.25) is 4.79 Å². The van der Waals surface area contributed by atoms with Crippen molar-refractivity contribution >= 4 is 33.4 Å². The van der Waals surface area contributed by atoms with Crippen molar-refractivity contribution < 1.29 is 9.90 Å². The SMILES string of the molecule is O=C1c2c3ccccc3nc3cccc(c23)N1CCO. The molecule has 2 heterocycles. The number of benzene rings is 2. The number of carbonyl (C=O) groups is 1. The highest BCUT2D eigenvalue weighted by atomic mass is 16.3. The van der Waals surface area contributed by atoms with Crippen LogP contribution in [0.1, 0.15) is 10.4 Å². The molecule has 3 aromatic rings. The van der Waals surface area contributed by atoms with Crippen molar-refractivity contribution in [2.75, 3.05) is 18.1 Å². The van der Waals surface area contributed by atoms with Crippen molar-refractivity contribution in [3.8, 4) is 0 Å². The minimum absolute atomic E-state index is 0.0520. The molecule has 0 fully saturated rings. The lowest BCUT2D eigenvalue weighted by molar-refractivity contribution is 0.0989. The van der Waals surface area contributed by atoms with Gasteiger partial charge in [0.05, 0.1) is 28.9 Å². The molecule has 1 amide bonds. The maximum atomic E-state index is 12.7. The van der Waals surface area contributed by atoms with Crippen LogP contribution >= 0.6 is 0 Å². The smallest absolute Gasteiger partial charge is 0.259 e. The van der Waals surface area contributed by atoms with Crippen LogP contribution in [-0.4, -0.2) is 29.1 Å². The number of rotatable bonds is 2. The Balaban J connectivity index is 2.17. The van der Waals surface area contributed by atoms with Crippen molar-refractivity contribution in [1.29, 1.82) is 0 Å². The highest BCUT2D eigenvalue weighted by Crippen LogP contribution is 2.39. The summed E-state index contributed by atoms with van der Waals surface area (Å²) < 4.78 is 0. The zero-order chi connectivity index (χ0) is 13.7. The zero-order valence-electron chi connectivity index (χ0n) is 10.7. The highest BCUT2D eigenvalue weighted by Gasteiger charge is 2.31. The van der Waals surface area contributed by atoms with Crippen LogP contribution in [0, 0.1) is 0 Å². The second-order valence-corrected chi connectivity index (χ2v) is 4.86. The van der Waals surface area contributed by atoms with Crippen LogP contribution < -0.4 is 4.90 Å². The lowest BCUT2D eigenvalue weighted by Gasteiger charge is -2.15. The van der Waals surface area contributed by atoms with Crippen LogP contribution in [0.25, 0.3) is 21.8 Å². The summed E-state index contributed by atoms with van der Waals surface area (Å²) in [6.45, 7) is 0.252. The minimum atomic E-state index is -0.0541. The molecule has 1 aliphatic rings. The van der Waals surface area contributed by atoms with Crippen LogP contribution in [0.15, 0.2) is 42.5 Å². The van der Waals surface area contributed by atoms with Crippen LogP contribution in [0.5, 0.6) is 0 Å². The van der Waals surface area contributed by atoms with Crippen LogP contribution in [0.4, 0.5) is 5.69 Å². The summed E-state index contributed by atoms with van der Waals surface area (Å²) in [5.41, 5.74) is 3.20. The minimum Gasteiger partial charge on any atom is -0.395 e. The molecule has 1 aromatic heterocycles. The standard InChI is InChI=1S/C16H12N2O2/c19-9-8-18-13-7-3-6-12-15(13)14(16(18)20)10-4-1-2-5-11(10)17-12/h1-7,19H,8-9H2. The van der Waals surface area contributed by atoms with Gasteiger partial charge in [0, 0.05) is 17.3 Å². The predicted octanol–water partition coefficient (Wildman–Crippen LogP) is 2.34. The molecule has 0 atom stereocenters. The number of pyridine rings is 1. The molecule has 4 rings (SSSR count). The first-order valence-electron chi connectivity index (χ1n) is 6.55. The Morgan fingerprint density at radius 1 is 1.05 bits per heavy atom. The Kier molecular flexibility index (Phi) is 2.28. The van der Waals surface area contributed by atoms with Crippen molar-refractivity contribution in [3.05, 3.63) is 48.0 Å². The quantitative estimate of drug-likeness (QED) is 0.723. The summed E-state index contributed by atoms with van der Waals surface area (Å²) in [5.74, 6) is -0.0520. The largest absolute Gasteiger partial charge is 0.395 e. The molecule has 0 bridgehead atoms. The normalized spacial score (nSPS) is 13.7. The van der Waals surface area contributed by atoms with Gasteiger partial charge in [-0.15, -0.1) is 0 Å². The Hall–Kier alpha value is -2.46. The third kappa shape index (κ3) is 1.34. The molecule has 4 nitrogen and oxygen atoms in total. The zero-order valence-corrected chi connectivity index (χ0v) is 10.7. The van der Waals surface area contributed by atoms with Gasteiger partial charge in [-0.25, -0.2) is 4.98 Å². The van der Waals surface area contributed by atoms with Gasteiger partial charge in [-0.2, -0.15) is 0 Å². The summed E-state index contributed by atoms with van der Waals surface area (Å²) in [7, 11) is 0. The van der Waals surface area contributed by atoms with Gasteiger partial charge in [0.2, 0.25) is 0 Å². The molecule has 0 aliphatic carbocycles. The van der Waals surface area contributed by atoms with Crippen molar-refractivity contribution in [2.24, 2.45) is 0 Å². The van der Waals surface area contributed by atoms with Gasteiger partial charge < -0.3 is 10.0 Å². The first-order chi connectivity index (χ1) is 9.81. The summed E-state index contributed by atoms with van der Waals surface area (Å²) in [6.07, 6.45) is 0. The van der Waals surface area contributed by atoms with E-state index in [-0.39, 0.29) is 12.5 Å². The van der Waals surface area contributed by atoms with Crippen molar-refractivity contribution in [3.63, 3.8) is 0 Å². The topological polar surface area (TPSA) is 53.4 Å². The summed E-state index contributed by atoms with van der Waals surface area (Å²) in [5, 5.41) is 10.9. The van der Waals surface area contributed by atoms with Gasteiger partial charge in [0.25, 0.3) is 5.91 Å². The lowest BCUT2D eigenvalue weighted by atomic mass is 10.0. The first-order valence-corrected chi connectivity index (χ1v) is 6.55. The molecule has 1 aliphatic heterocycles. The third-order valence-electron chi connectivity index (χ3n) is 3.76. The Morgan fingerprint density at radius 3 is 2.70 bits per heavy atom. The summed E-state index contributed by atoms with van der Waals surface area (Å²) in [6, 6.07) is 13.4. The second-order valence-electron chi connectivity index (χ2n) is 4.86. The Labute approximate surface area is 115 Å². The number of β-amino-alcohol motifs (C(OH)–C–C–N with tert-alkyl or cyclic N) is 1. The number of fused-ring (bicyclic) bond motifs is 2. The molecule has 0 saturated heterocycles. The highest BCUT2D eigenvalue weighted by molar-refractivity contribution is 6.30. The fraction of sp³-hybridized carbons (Fsp3) is 0.125. The molecular weight excluding hydrogens is 252 g/mol. The second kappa shape index (κ2) is 4.02. The van der Waals surface area contributed by atoms with E-state index in [1.165, 1.54) is 0 Å². The van der Waals surface area contributed by atoms with Gasteiger partial charge in [0.1, 0.15) is 0 Å². The summed E-state index contributed by atoms with van der Waals surface area (Å²) >= 11 is 0. The number of para-hydroxylation sites is 1. The van der Waals surface area contributed by atoms with Crippen LogP contribution in [0.3, 0.4) is 0 Å². The van der Waals surface area contributed by atoms with E-state index in [0.29, 0.717) is 12.1 Å². The van der Waals surface area contributed by atoms with E-state index in [4.69, 9.17) is 0 Å². The maximum absolute atomic E-state index is 12.7. The Morgan fingerprint density at radius 2 is 1.85 bits per heavy atom. The number of carbonyl (C=O) groups excluding carboxylic acids is 1. The molecule has 0 radical (unpaired) electrons. The fourth-order valence-electron chi connectivity index (χ4n) is 2.94. The molecular formula is C16H12N2O2. The molecule has 4 heteroatoms. The van der Waals surface area contributed by atoms with E-state index in [2.05, 4.69) is 4.98 Å². The maximum Gasteiger partial charge on any atom is 0.259 e. The van der Waals surface area contributed by atoms with Crippen molar-refractivity contribution in [1.82, 2.24) is 4.98 Å². The number of amides is 1. The number of anilines is 1. The molecule has 98 valence electrons. The molecule has 0 spiro atoms. The van der Waals surface area contributed by atoms with Crippen molar-refractivity contribution in [2.45, 2.75) is 0 Å².